The van der Waals surface area contributed by atoms with E-state index in [1.807, 2.05) is 0 Å². The van der Waals surface area contributed by atoms with Crippen LogP contribution in [0.1, 0.15) is 13.3 Å². The third-order valence-corrected chi connectivity index (χ3v) is 3.09. The summed E-state index contributed by atoms with van der Waals surface area (Å²) in [6, 6.07) is 0. The Balaban J connectivity index is 2.30. The first-order valence-electron chi connectivity index (χ1n) is 3.53. The Morgan fingerprint density at radius 1 is 1.67 bits per heavy atom. The van der Waals surface area contributed by atoms with E-state index in [1.54, 1.807) is 0 Å². The van der Waals surface area contributed by atoms with Gasteiger partial charge in [-0.25, -0.2) is 0 Å². The average Bonchev–Trinajstić information content (AvgIpc) is 2.14. The van der Waals surface area contributed by atoms with Gasteiger partial charge in [-0.15, -0.1) is 0 Å². The predicted octanol–water partition coefficient (Wildman–Crippen LogP) is 1.76. The van der Waals surface area contributed by atoms with Crippen LogP contribution in [0.15, 0.2) is 0 Å². The van der Waals surface area contributed by atoms with Crippen molar-refractivity contribution in [1.82, 2.24) is 4.90 Å². The molecule has 0 aromatic heterocycles. The summed E-state index contributed by atoms with van der Waals surface area (Å²) in [4.78, 5) is 2.42. The molecule has 1 nitrogen and oxygen atoms in total. The maximum atomic E-state index is 2.53. The van der Waals surface area contributed by atoms with Crippen molar-refractivity contribution < 1.29 is 0 Å². The molecule has 0 radical (unpaired) electrons. The molecule has 1 aliphatic rings. The molecule has 0 spiro atoms. The quantitative estimate of drug-likeness (QED) is 0.498. The molecule has 0 saturated carbocycles. The predicted molar refractivity (Wildman–Crippen MR) is 49.1 cm³/mol. The third-order valence-electron chi connectivity index (χ3n) is 2.08. The van der Waals surface area contributed by atoms with Crippen LogP contribution in [-0.4, -0.2) is 29.0 Å². The fourth-order valence-electron chi connectivity index (χ4n) is 1.34. The molecule has 1 saturated heterocycles. The molecular weight excluding hydrogens is 225 g/mol. The van der Waals surface area contributed by atoms with Crippen LogP contribution < -0.4 is 0 Å². The van der Waals surface area contributed by atoms with Crippen molar-refractivity contribution in [2.75, 3.05) is 20.1 Å². The first-order valence-corrected chi connectivity index (χ1v) is 4.77. The summed E-state index contributed by atoms with van der Waals surface area (Å²) in [5, 5.41) is 0. The summed E-state index contributed by atoms with van der Waals surface area (Å²) in [7, 11) is 2.21. The van der Waals surface area contributed by atoms with Gasteiger partial charge in [0.2, 0.25) is 0 Å². The molecule has 0 amide bonds. The number of likely N-dealkylation sites (tertiary alicyclic amines) is 1. The topological polar surface area (TPSA) is 3.24 Å². The van der Waals surface area contributed by atoms with E-state index in [-0.39, 0.29) is 0 Å². The van der Waals surface area contributed by atoms with E-state index in [9.17, 15) is 0 Å². The summed E-state index contributed by atoms with van der Waals surface area (Å²) in [6.07, 6.45) is 1.40. The van der Waals surface area contributed by atoms with Gasteiger partial charge in [-0.2, -0.15) is 0 Å². The van der Waals surface area contributed by atoms with Crippen molar-refractivity contribution in [3.8, 4) is 0 Å². The normalized spacial score (nSPS) is 33.0. The first-order chi connectivity index (χ1) is 4.20. The van der Waals surface area contributed by atoms with Gasteiger partial charge in [-0.05, 0) is 25.9 Å². The van der Waals surface area contributed by atoms with Crippen LogP contribution in [0.2, 0.25) is 0 Å². The van der Waals surface area contributed by atoms with E-state index in [0.717, 1.165) is 9.84 Å². The number of nitrogens with zero attached hydrogens (tertiary/aromatic N) is 1. The maximum Gasteiger partial charge on any atom is 0.0122 e. The number of rotatable bonds is 1. The fourth-order valence-corrected chi connectivity index (χ4v) is 1.93. The first kappa shape index (κ1) is 7.79. The summed E-state index contributed by atoms with van der Waals surface area (Å²) >= 11 is 2.53. The van der Waals surface area contributed by atoms with Gasteiger partial charge in [0, 0.05) is 10.5 Å². The second kappa shape index (κ2) is 3.19. The number of hydrogen-bond donors (Lipinski definition) is 0. The molecule has 0 bridgehead atoms. The highest BCUT2D eigenvalue weighted by Gasteiger charge is 2.22. The molecule has 54 valence electrons. The Labute approximate surface area is 70.9 Å². The SMILES string of the molecule is CC(I)C1CCN(C)C1. The number of alkyl halides is 1. The number of halogens is 1. The molecule has 9 heavy (non-hydrogen) atoms. The van der Waals surface area contributed by atoms with Gasteiger partial charge in [0.15, 0.2) is 0 Å². The van der Waals surface area contributed by atoms with Gasteiger partial charge in [-0.3, -0.25) is 0 Å². The third kappa shape index (κ3) is 2.08. The minimum absolute atomic E-state index is 0.854. The summed E-state index contributed by atoms with van der Waals surface area (Å²) in [6.45, 7) is 4.92. The van der Waals surface area contributed by atoms with Crippen LogP contribution in [0.3, 0.4) is 0 Å². The van der Waals surface area contributed by atoms with Gasteiger partial charge in [-0.1, -0.05) is 29.5 Å². The number of hydrogen-bond acceptors (Lipinski definition) is 1. The summed E-state index contributed by atoms with van der Waals surface area (Å²) < 4.78 is 0.854. The molecule has 2 atom stereocenters. The van der Waals surface area contributed by atoms with Crippen molar-refractivity contribution in [3.63, 3.8) is 0 Å². The van der Waals surface area contributed by atoms with Crippen LogP contribution in [0, 0.1) is 5.92 Å². The highest BCUT2D eigenvalue weighted by molar-refractivity contribution is 14.1. The fraction of sp³-hybridized carbons (Fsp3) is 1.00. The van der Waals surface area contributed by atoms with Crippen LogP contribution in [0.4, 0.5) is 0 Å². The van der Waals surface area contributed by atoms with Crippen molar-refractivity contribution >= 4 is 22.6 Å². The van der Waals surface area contributed by atoms with E-state index in [4.69, 9.17) is 0 Å². The molecule has 0 N–H and O–H groups in total. The maximum absolute atomic E-state index is 2.53. The lowest BCUT2D eigenvalue weighted by Crippen LogP contribution is -2.17. The van der Waals surface area contributed by atoms with Crippen molar-refractivity contribution in [2.24, 2.45) is 5.92 Å². The minimum atomic E-state index is 0.854. The molecule has 0 aromatic rings. The molecule has 2 heteroatoms. The zero-order valence-electron chi connectivity index (χ0n) is 6.10. The van der Waals surface area contributed by atoms with Gasteiger partial charge in [0.1, 0.15) is 0 Å². The monoisotopic (exact) mass is 239 g/mol. The molecular formula is C7H14IN. The zero-order chi connectivity index (χ0) is 6.85. The van der Waals surface area contributed by atoms with E-state index >= 15 is 0 Å². The van der Waals surface area contributed by atoms with E-state index in [0.29, 0.717) is 0 Å². The second-order valence-corrected chi connectivity index (χ2v) is 4.95. The second-order valence-electron chi connectivity index (χ2n) is 2.99. The Morgan fingerprint density at radius 2 is 2.33 bits per heavy atom. The van der Waals surface area contributed by atoms with Crippen LogP contribution in [0.5, 0.6) is 0 Å². The molecule has 2 unspecified atom stereocenters. The standard InChI is InChI=1S/C7H14IN/c1-6(8)7-3-4-9(2)5-7/h6-7H,3-5H2,1-2H3. The van der Waals surface area contributed by atoms with Crippen molar-refractivity contribution in [3.05, 3.63) is 0 Å². The Kier molecular flexibility index (Phi) is 2.76. The molecule has 0 aromatic carbocycles. The van der Waals surface area contributed by atoms with Gasteiger partial charge in [0.05, 0.1) is 0 Å². The minimum Gasteiger partial charge on any atom is -0.306 e. The highest BCUT2D eigenvalue weighted by atomic mass is 127. The highest BCUT2D eigenvalue weighted by Crippen LogP contribution is 2.22. The molecule has 1 fully saturated rings. The van der Waals surface area contributed by atoms with E-state index in [2.05, 4.69) is 41.5 Å². The van der Waals surface area contributed by atoms with Crippen LogP contribution in [-0.2, 0) is 0 Å². The Morgan fingerprint density at radius 3 is 2.56 bits per heavy atom. The Hall–Kier alpha value is 0.690. The lowest BCUT2D eigenvalue weighted by atomic mass is 10.1. The Bertz CT molecular complexity index is 92.9. The average molecular weight is 239 g/mol. The largest absolute Gasteiger partial charge is 0.306 e. The summed E-state index contributed by atoms with van der Waals surface area (Å²) in [5.41, 5.74) is 0. The van der Waals surface area contributed by atoms with E-state index < -0.39 is 0 Å². The molecule has 1 rings (SSSR count). The van der Waals surface area contributed by atoms with Crippen molar-refractivity contribution in [2.45, 2.75) is 17.3 Å². The lowest BCUT2D eigenvalue weighted by Gasteiger charge is -2.11. The summed E-state index contributed by atoms with van der Waals surface area (Å²) in [5.74, 6) is 0.954. The van der Waals surface area contributed by atoms with Gasteiger partial charge in [0.25, 0.3) is 0 Å². The van der Waals surface area contributed by atoms with Crippen LogP contribution in [0.25, 0.3) is 0 Å². The zero-order valence-corrected chi connectivity index (χ0v) is 8.26. The van der Waals surface area contributed by atoms with E-state index in [1.165, 1.54) is 19.5 Å². The van der Waals surface area contributed by atoms with Crippen molar-refractivity contribution in [1.29, 1.82) is 0 Å². The molecule has 1 heterocycles. The van der Waals surface area contributed by atoms with Gasteiger partial charge >= 0.3 is 0 Å². The smallest absolute Gasteiger partial charge is 0.0122 e. The molecule has 1 aliphatic heterocycles. The lowest BCUT2D eigenvalue weighted by molar-refractivity contribution is 0.396. The van der Waals surface area contributed by atoms with Gasteiger partial charge < -0.3 is 4.90 Å². The molecule has 0 aliphatic carbocycles. The van der Waals surface area contributed by atoms with Crippen LogP contribution >= 0.6 is 22.6 Å².